The Balaban J connectivity index is 2.32. The fraction of sp³-hybridized carbons (Fsp3) is 0.500. The number of aliphatic carboxylic acids is 1. The third-order valence-electron chi connectivity index (χ3n) is 4.30. The zero-order valence-corrected chi connectivity index (χ0v) is 12.7. The summed E-state index contributed by atoms with van der Waals surface area (Å²) in [4.78, 5) is 25.0. The van der Waals surface area contributed by atoms with E-state index in [-0.39, 0.29) is 5.78 Å². The molecule has 2 rings (SSSR count). The van der Waals surface area contributed by atoms with Gasteiger partial charge in [-0.25, -0.2) is 0 Å². The number of carboxylic acid groups (broad SMARTS) is 1. The van der Waals surface area contributed by atoms with Crippen LogP contribution in [-0.4, -0.2) is 41.0 Å². The minimum atomic E-state index is -0.850. The third kappa shape index (κ3) is 2.93. The molecular weight excluding hydrogens is 270 g/mol. The number of Topliss-reactive ketones (excluding diaryl/α,β-unsaturated/α-hetero) is 1. The number of benzene rings is 1. The lowest BCUT2D eigenvalue weighted by molar-refractivity contribution is -0.148. The van der Waals surface area contributed by atoms with Crippen molar-refractivity contribution in [1.82, 2.24) is 4.90 Å². The van der Waals surface area contributed by atoms with Crippen molar-refractivity contribution in [2.24, 2.45) is 0 Å². The molecule has 1 aliphatic rings. The van der Waals surface area contributed by atoms with Crippen LogP contribution >= 0.6 is 0 Å². The maximum Gasteiger partial charge on any atom is 0.323 e. The zero-order chi connectivity index (χ0) is 15.6. The van der Waals surface area contributed by atoms with Crippen molar-refractivity contribution < 1.29 is 19.4 Å². The molecule has 21 heavy (non-hydrogen) atoms. The minimum Gasteiger partial charge on any atom is -0.496 e. The van der Waals surface area contributed by atoms with Crippen LogP contribution in [0, 0.1) is 0 Å². The predicted octanol–water partition coefficient (Wildman–Crippen LogP) is 2.34. The Morgan fingerprint density at radius 3 is 2.71 bits per heavy atom. The van der Waals surface area contributed by atoms with E-state index in [1.807, 2.05) is 4.90 Å². The molecule has 1 aromatic carbocycles. The number of carboxylic acids is 1. The van der Waals surface area contributed by atoms with Crippen LogP contribution in [0.3, 0.4) is 0 Å². The van der Waals surface area contributed by atoms with E-state index in [0.717, 1.165) is 18.5 Å². The first kappa shape index (κ1) is 15.5. The fourth-order valence-corrected chi connectivity index (χ4v) is 2.84. The van der Waals surface area contributed by atoms with Gasteiger partial charge in [-0.05, 0) is 51.4 Å². The molecule has 1 heterocycles. The van der Waals surface area contributed by atoms with Gasteiger partial charge in [0.15, 0.2) is 5.78 Å². The number of rotatable bonds is 5. The van der Waals surface area contributed by atoms with Crippen LogP contribution in [0.1, 0.15) is 42.6 Å². The summed E-state index contributed by atoms with van der Waals surface area (Å²) in [7, 11) is 1.58. The Morgan fingerprint density at radius 2 is 2.14 bits per heavy atom. The topological polar surface area (TPSA) is 66.8 Å². The normalized spacial score (nSPS) is 22.2. The molecule has 1 saturated heterocycles. The van der Waals surface area contributed by atoms with Crippen LogP contribution in [0.2, 0.25) is 0 Å². The summed E-state index contributed by atoms with van der Waals surface area (Å²) in [6.45, 7) is 4.47. The van der Waals surface area contributed by atoms with Crippen molar-refractivity contribution in [1.29, 1.82) is 0 Å². The number of carbonyl (C=O) groups is 2. The Bertz CT molecular complexity index is 569. The molecule has 1 N–H and O–H groups in total. The summed E-state index contributed by atoms with van der Waals surface area (Å²) in [6.07, 6.45) is 1.49. The van der Waals surface area contributed by atoms with Crippen LogP contribution < -0.4 is 4.74 Å². The van der Waals surface area contributed by atoms with Crippen molar-refractivity contribution in [2.75, 3.05) is 13.7 Å². The molecule has 0 amide bonds. The van der Waals surface area contributed by atoms with Gasteiger partial charge in [-0.15, -0.1) is 0 Å². The van der Waals surface area contributed by atoms with Crippen molar-refractivity contribution in [3.05, 3.63) is 29.3 Å². The lowest BCUT2D eigenvalue weighted by Crippen LogP contribution is -2.47. The second-order valence-electron chi connectivity index (χ2n) is 5.69. The maximum atomic E-state index is 11.5. The third-order valence-corrected chi connectivity index (χ3v) is 4.30. The van der Waals surface area contributed by atoms with Crippen LogP contribution in [0.4, 0.5) is 0 Å². The highest BCUT2D eigenvalue weighted by molar-refractivity contribution is 5.94. The highest BCUT2D eigenvalue weighted by atomic mass is 16.5. The van der Waals surface area contributed by atoms with Gasteiger partial charge in [0.1, 0.15) is 11.3 Å². The molecule has 5 nitrogen and oxygen atoms in total. The lowest BCUT2D eigenvalue weighted by Gasteiger charge is -2.31. The van der Waals surface area contributed by atoms with Crippen LogP contribution in [0.25, 0.3) is 0 Å². The molecule has 1 fully saturated rings. The van der Waals surface area contributed by atoms with E-state index in [9.17, 15) is 14.7 Å². The Hall–Kier alpha value is -1.88. The van der Waals surface area contributed by atoms with E-state index >= 15 is 0 Å². The monoisotopic (exact) mass is 291 g/mol. The molecule has 1 aromatic rings. The summed E-state index contributed by atoms with van der Waals surface area (Å²) in [5, 5.41) is 9.46. The Labute approximate surface area is 124 Å². The van der Waals surface area contributed by atoms with Crippen molar-refractivity contribution in [3.63, 3.8) is 0 Å². The molecule has 0 spiro atoms. The molecular formula is C16H21NO4. The molecule has 0 bridgehead atoms. The quantitative estimate of drug-likeness (QED) is 0.843. The molecule has 114 valence electrons. The molecule has 1 unspecified atom stereocenters. The molecule has 0 aliphatic carbocycles. The molecule has 0 radical (unpaired) electrons. The van der Waals surface area contributed by atoms with Gasteiger partial charge in [0.05, 0.1) is 7.11 Å². The van der Waals surface area contributed by atoms with Gasteiger partial charge in [-0.1, -0.05) is 0 Å². The maximum absolute atomic E-state index is 11.5. The Morgan fingerprint density at radius 1 is 1.43 bits per heavy atom. The van der Waals surface area contributed by atoms with Gasteiger partial charge in [0.2, 0.25) is 0 Å². The van der Waals surface area contributed by atoms with E-state index in [4.69, 9.17) is 4.74 Å². The lowest BCUT2D eigenvalue weighted by atomic mass is 9.98. The van der Waals surface area contributed by atoms with Gasteiger partial charge in [0, 0.05) is 17.7 Å². The van der Waals surface area contributed by atoms with Crippen molar-refractivity contribution in [2.45, 2.75) is 38.8 Å². The highest BCUT2D eigenvalue weighted by Crippen LogP contribution is 2.33. The number of hydrogen-bond acceptors (Lipinski definition) is 4. The van der Waals surface area contributed by atoms with E-state index in [1.54, 1.807) is 32.2 Å². The van der Waals surface area contributed by atoms with Crippen molar-refractivity contribution >= 4 is 11.8 Å². The average Bonchev–Trinajstić information content (AvgIpc) is 2.81. The fourth-order valence-electron chi connectivity index (χ4n) is 2.84. The van der Waals surface area contributed by atoms with Gasteiger partial charge < -0.3 is 9.84 Å². The number of methoxy groups -OCH3 is 1. The van der Waals surface area contributed by atoms with Crippen LogP contribution in [0.15, 0.2) is 18.2 Å². The largest absolute Gasteiger partial charge is 0.496 e. The summed E-state index contributed by atoms with van der Waals surface area (Å²) >= 11 is 0. The van der Waals surface area contributed by atoms with E-state index in [1.165, 1.54) is 6.92 Å². The van der Waals surface area contributed by atoms with Gasteiger partial charge in [-0.2, -0.15) is 0 Å². The smallest absolute Gasteiger partial charge is 0.323 e. The first-order valence-corrected chi connectivity index (χ1v) is 7.05. The second kappa shape index (κ2) is 5.85. The zero-order valence-electron chi connectivity index (χ0n) is 12.7. The molecule has 5 heteroatoms. The molecule has 0 saturated carbocycles. The van der Waals surface area contributed by atoms with Crippen molar-refractivity contribution in [3.8, 4) is 5.75 Å². The SMILES string of the molecule is COc1ccc(C(C)=O)cc1CN1CCCC1(C)C(=O)O. The standard InChI is InChI=1S/C16H21NO4/c1-11(18)12-5-6-14(21-3)13(9-12)10-17-8-4-7-16(17,2)15(19)20/h5-6,9H,4,7-8,10H2,1-3H3,(H,19,20). The summed E-state index contributed by atoms with van der Waals surface area (Å²) in [5.41, 5.74) is 0.610. The summed E-state index contributed by atoms with van der Waals surface area (Å²) in [6, 6.07) is 5.28. The van der Waals surface area contributed by atoms with Gasteiger partial charge >= 0.3 is 5.97 Å². The highest BCUT2D eigenvalue weighted by Gasteiger charge is 2.43. The molecule has 1 aliphatic heterocycles. The minimum absolute atomic E-state index is 0.0127. The Kier molecular flexibility index (Phi) is 4.32. The van der Waals surface area contributed by atoms with E-state index in [0.29, 0.717) is 24.3 Å². The second-order valence-corrected chi connectivity index (χ2v) is 5.69. The van der Waals surface area contributed by atoms with E-state index in [2.05, 4.69) is 0 Å². The van der Waals surface area contributed by atoms with Crippen LogP contribution in [-0.2, 0) is 11.3 Å². The first-order chi connectivity index (χ1) is 9.88. The van der Waals surface area contributed by atoms with Gasteiger partial charge in [-0.3, -0.25) is 14.5 Å². The number of ether oxygens (including phenoxy) is 1. The number of ketones is 1. The number of hydrogen-bond donors (Lipinski definition) is 1. The summed E-state index contributed by atoms with van der Waals surface area (Å²) < 4.78 is 5.33. The number of likely N-dealkylation sites (tertiary alicyclic amines) is 1. The van der Waals surface area contributed by atoms with Crippen LogP contribution in [0.5, 0.6) is 5.75 Å². The predicted molar refractivity (Wildman–Crippen MR) is 78.7 cm³/mol. The van der Waals surface area contributed by atoms with Gasteiger partial charge in [0.25, 0.3) is 0 Å². The average molecular weight is 291 g/mol. The molecule has 0 aromatic heterocycles. The van der Waals surface area contributed by atoms with E-state index < -0.39 is 11.5 Å². The first-order valence-electron chi connectivity index (χ1n) is 7.05. The molecule has 1 atom stereocenters. The number of nitrogens with zero attached hydrogens (tertiary/aromatic N) is 1. The summed E-state index contributed by atoms with van der Waals surface area (Å²) in [5.74, 6) is -0.136. The number of carbonyl (C=O) groups excluding carboxylic acids is 1.